The fourth-order valence-corrected chi connectivity index (χ4v) is 4.70. The Hall–Kier alpha value is -1.86. The van der Waals surface area contributed by atoms with Crippen molar-refractivity contribution in [3.05, 3.63) is 35.9 Å². The molecule has 1 aliphatic rings. The van der Waals surface area contributed by atoms with Gasteiger partial charge in [0, 0.05) is 13.2 Å². The number of nitrogens with zero attached hydrogens (tertiary/aromatic N) is 1. The summed E-state index contributed by atoms with van der Waals surface area (Å²) in [6.45, 7) is 12.3. The Bertz CT molecular complexity index is 716. The number of methoxy groups -OCH3 is 1. The zero-order chi connectivity index (χ0) is 22.4. The molecule has 0 bridgehead atoms. The number of ether oxygens (including phenoxy) is 2. The summed E-state index contributed by atoms with van der Waals surface area (Å²) in [7, 11) is -0.475. The molecule has 0 unspecified atom stereocenters. The minimum absolute atomic E-state index is 0.133. The highest BCUT2D eigenvalue weighted by Gasteiger charge is 2.51. The molecule has 1 atom stereocenters. The molecular formula is C23H37NO5Si. The molecule has 168 valence electrons. The van der Waals surface area contributed by atoms with E-state index in [0.717, 1.165) is 12.0 Å². The first kappa shape index (κ1) is 24.4. The predicted molar refractivity (Wildman–Crippen MR) is 120 cm³/mol. The molecule has 2 rings (SSSR count). The number of rotatable bonds is 8. The van der Waals surface area contributed by atoms with Crippen LogP contribution in [-0.2, 0) is 25.3 Å². The summed E-state index contributed by atoms with van der Waals surface area (Å²) in [5.41, 5.74) is -0.0595. The summed E-state index contributed by atoms with van der Waals surface area (Å²) in [5.74, 6) is -0.371. The lowest BCUT2D eigenvalue weighted by atomic mass is 9.90. The first-order valence-electron chi connectivity index (χ1n) is 10.7. The predicted octanol–water partition coefficient (Wildman–Crippen LogP) is 5.13. The lowest BCUT2D eigenvalue weighted by Crippen LogP contribution is -2.54. The van der Waals surface area contributed by atoms with Crippen LogP contribution in [0.25, 0.3) is 0 Å². The van der Waals surface area contributed by atoms with Crippen LogP contribution in [0.3, 0.4) is 0 Å². The van der Waals surface area contributed by atoms with E-state index in [-0.39, 0.29) is 17.6 Å². The van der Waals surface area contributed by atoms with Crippen molar-refractivity contribution in [2.24, 2.45) is 0 Å². The Labute approximate surface area is 182 Å². The first-order valence-corrected chi connectivity index (χ1v) is 13.6. The van der Waals surface area contributed by atoms with Crippen LogP contribution in [0.1, 0.15) is 52.0 Å². The van der Waals surface area contributed by atoms with Gasteiger partial charge in [-0.05, 0) is 49.4 Å². The fraction of sp³-hybridized carbons (Fsp3) is 0.652. The summed E-state index contributed by atoms with van der Waals surface area (Å²) < 4.78 is 16.9. The van der Waals surface area contributed by atoms with Crippen LogP contribution >= 0.6 is 0 Å². The average Bonchev–Trinajstić information content (AvgIpc) is 3.14. The van der Waals surface area contributed by atoms with Crippen molar-refractivity contribution in [3.63, 3.8) is 0 Å². The Balaban J connectivity index is 2.02. The molecule has 0 aromatic heterocycles. The number of benzene rings is 1. The second-order valence-electron chi connectivity index (χ2n) is 9.53. The van der Waals surface area contributed by atoms with Crippen molar-refractivity contribution in [2.45, 2.75) is 76.7 Å². The minimum Gasteiger partial charge on any atom is -0.467 e. The van der Waals surface area contributed by atoms with Gasteiger partial charge >= 0.3 is 12.1 Å². The maximum Gasteiger partial charge on any atom is 0.411 e. The molecule has 0 aliphatic carbocycles. The van der Waals surface area contributed by atoms with Crippen LogP contribution in [0.5, 0.6) is 0 Å². The van der Waals surface area contributed by atoms with Gasteiger partial charge in [0.1, 0.15) is 12.1 Å². The van der Waals surface area contributed by atoms with Gasteiger partial charge in [-0.1, -0.05) is 51.1 Å². The third kappa shape index (κ3) is 5.63. The van der Waals surface area contributed by atoms with Crippen LogP contribution in [0.2, 0.25) is 18.1 Å². The van der Waals surface area contributed by atoms with Crippen LogP contribution < -0.4 is 0 Å². The minimum atomic E-state index is -1.85. The van der Waals surface area contributed by atoms with Gasteiger partial charge < -0.3 is 13.9 Å². The van der Waals surface area contributed by atoms with Gasteiger partial charge in [0.25, 0.3) is 0 Å². The lowest BCUT2D eigenvalue weighted by Gasteiger charge is -2.37. The number of carbonyl (C=O) groups is 2. The fourth-order valence-electron chi connectivity index (χ4n) is 3.61. The molecule has 1 aromatic rings. The maximum absolute atomic E-state index is 12.8. The zero-order valence-corrected chi connectivity index (χ0v) is 20.3. The van der Waals surface area contributed by atoms with Gasteiger partial charge in [-0.25, -0.2) is 9.59 Å². The van der Waals surface area contributed by atoms with E-state index >= 15 is 0 Å². The van der Waals surface area contributed by atoms with E-state index in [9.17, 15) is 9.59 Å². The Kier molecular flexibility index (Phi) is 8.11. The summed E-state index contributed by atoms with van der Waals surface area (Å²) in [6, 6.07) is 9.53. The monoisotopic (exact) mass is 435 g/mol. The molecule has 1 aromatic carbocycles. The molecule has 1 amide bonds. The van der Waals surface area contributed by atoms with Crippen LogP contribution in [0.4, 0.5) is 4.79 Å². The molecule has 30 heavy (non-hydrogen) atoms. The largest absolute Gasteiger partial charge is 0.467 e. The van der Waals surface area contributed by atoms with Crippen LogP contribution in [0, 0.1) is 0 Å². The zero-order valence-electron chi connectivity index (χ0n) is 19.3. The van der Waals surface area contributed by atoms with Gasteiger partial charge in [0.15, 0.2) is 8.32 Å². The quantitative estimate of drug-likeness (QED) is 0.322. The molecule has 0 spiro atoms. The highest BCUT2D eigenvalue weighted by atomic mass is 28.4. The van der Waals surface area contributed by atoms with Gasteiger partial charge in [-0.15, -0.1) is 0 Å². The van der Waals surface area contributed by atoms with E-state index < -0.39 is 19.9 Å². The van der Waals surface area contributed by atoms with E-state index in [2.05, 4.69) is 33.9 Å². The smallest absolute Gasteiger partial charge is 0.411 e. The van der Waals surface area contributed by atoms with Crippen molar-refractivity contribution < 1.29 is 23.5 Å². The Morgan fingerprint density at radius 2 is 1.83 bits per heavy atom. The molecule has 1 saturated heterocycles. The van der Waals surface area contributed by atoms with Gasteiger partial charge in [-0.3, -0.25) is 4.90 Å². The number of esters is 1. The highest BCUT2D eigenvalue weighted by molar-refractivity contribution is 6.74. The molecule has 6 nitrogen and oxygen atoms in total. The number of hydrogen-bond acceptors (Lipinski definition) is 5. The van der Waals surface area contributed by atoms with E-state index in [1.165, 1.54) is 7.11 Å². The van der Waals surface area contributed by atoms with Crippen LogP contribution in [0.15, 0.2) is 30.3 Å². The van der Waals surface area contributed by atoms with Crippen LogP contribution in [-0.4, -0.2) is 51.1 Å². The van der Waals surface area contributed by atoms with E-state index in [1.54, 1.807) is 4.90 Å². The van der Waals surface area contributed by atoms with Crippen molar-refractivity contribution >= 4 is 20.4 Å². The van der Waals surface area contributed by atoms with Gasteiger partial charge in [0.05, 0.1) is 7.11 Å². The third-order valence-electron chi connectivity index (χ3n) is 6.48. The maximum atomic E-state index is 12.8. The summed E-state index contributed by atoms with van der Waals surface area (Å²) in [5, 5.41) is 0.133. The standard InChI is InChI=1S/C23H37NO5Si/c1-22(2,3)30(5,6)29-17-11-15-23(20(25)27-4)14-10-16-24(23)21(26)28-18-19-12-8-7-9-13-19/h7-9,12-13H,10-11,14-18H2,1-6H3/t23-/m1/s1. The highest BCUT2D eigenvalue weighted by Crippen LogP contribution is 2.38. The van der Waals surface area contributed by atoms with Crippen molar-refractivity contribution in [3.8, 4) is 0 Å². The van der Waals surface area contributed by atoms with Gasteiger partial charge in [-0.2, -0.15) is 0 Å². The van der Waals surface area contributed by atoms with Gasteiger partial charge in [0.2, 0.25) is 0 Å². The lowest BCUT2D eigenvalue weighted by molar-refractivity contribution is -0.153. The van der Waals surface area contributed by atoms with Crippen molar-refractivity contribution in [2.75, 3.05) is 20.3 Å². The number of carbonyl (C=O) groups excluding carboxylic acids is 2. The first-order chi connectivity index (χ1) is 14.0. The second kappa shape index (κ2) is 9.96. The summed E-state index contributed by atoms with van der Waals surface area (Å²) in [6.07, 6.45) is 2.06. The van der Waals surface area contributed by atoms with E-state index in [1.807, 2.05) is 30.3 Å². The molecule has 1 aliphatic heterocycles. The summed E-state index contributed by atoms with van der Waals surface area (Å²) in [4.78, 5) is 27.2. The Morgan fingerprint density at radius 1 is 1.17 bits per heavy atom. The van der Waals surface area contributed by atoms with Crippen molar-refractivity contribution in [1.29, 1.82) is 0 Å². The second-order valence-corrected chi connectivity index (χ2v) is 14.3. The van der Waals surface area contributed by atoms with Crippen molar-refractivity contribution in [1.82, 2.24) is 4.90 Å². The third-order valence-corrected chi connectivity index (χ3v) is 11.0. The molecule has 1 fully saturated rings. The number of likely N-dealkylation sites (tertiary alicyclic amines) is 1. The molecule has 7 heteroatoms. The Morgan fingerprint density at radius 3 is 2.43 bits per heavy atom. The normalized spacial score (nSPS) is 19.6. The molecule has 1 heterocycles. The molecular weight excluding hydrogens is 398 g/mol. The van der Waals surface area contributed by atoms with E-state index in [4.69, 9.17) is 13.9 Å². The van der Waals surface area contributed by atoms with E-state index in [0.29, 0.717) is 32.4 Å². The molecule has 0 saturated carbocycles. The number of hydrogen-bond donors (Lipinski definition) is 0. The summed E-state index contributed by atoms with van der Waals surface area (Å²) >= 11 is 0. The SMILES string of the molecule is COC(=O)[C@]1(CCCO[Si](C)(C)C(C)(C)C)CCCN1C(=O)OCc1ccccc1. The topological polar surface area (TPSA) is 65.1 Å². The molecule has 0 N–H and O–H groups in total. The molecule has 0 radical (unpaired) electrons. The average molecular weight is 436 g/mol. The number of amides is 1.